The number of hydrogen-bond acceptors (Lipinski definition) is 4. The van der Waals surface area contributed by atoms with E-state index in [0.29, 0.717) is 11.1 Å². The van der Waals surface area contributed by atoms with Crippen molar-refractivity contribution in [3.63, 3.8) is 0 Å². The number of rotatable bonds is 2. The summed E-state index contributed by atoms with van der Waals surface area (Å²) in [6, 6.07) is 8.34. The topological polar surface area (TPSA) is 52.6 Å². The molecule has 0 saturated heterocycles. The predicted octanol–water partition coefficient (Wildman–Crippen LogP) is 2.58. The van der Waals surface area contributed by atoms with Crippen molar-refractivity contribution < 1.29 is 19.4 Å². The average Bonchev–Trinajstić information content (AvgIpc) is 2.46. The van der Waals surface area contributed by atoms with Crippen molar-refractivity contribution in [1.29, 1.82) is 0 Å². The molecule has 0 atom stereocenters. The molecule has 0 radical (unpaired) electrons. The minimum absolute atomic E-state index is 0.332. The second-order valence-electron chi connectivity index (χ2n) is 3.75. The molecule has 1 aliphatic rings. The van der Waals surface area contributed by atoms with Crippen LogP contribution in [0.15, 0.2) is 54.1 Å². The fourth-order valence-electron chi connectivity index (χ4n) is 1.51. The first-order valence-electron chi connectivity index (χ1n) is 5.62. The fraction of sp³-hybridized carbons (Fsp3) is 0.143. The van der Waals surface area contributed by atoms with E-state index in [1.807, 2.05) is 6.08 Å². The van der Waals surface area contributed by atoms with Crippen LogP contribution in [0.2, 0.25) is 0 Å². The van der Waals surface area contributed by atoms with E-state index in [2.05, 4.69) is 9.78 Å². The van der Waals surface area contributed by atoms with Gasteiger partial charge in [0, 0.05) is 0 Å². The molecular weight excluding hydrogens is 232 g/mol. The van der Waals surface area contributed by atoms with Gasteiger partial charge >= 0.3 is 11.9 Å². The standard InChI is InChI=1S/C14H12O4/c15-13(11-7-3-1-4-8-11)17-18-14(16)12-9-5-2-6-10-12/h1,3-5,7-10H,2,6H2. The van der Waals surface area contributed by atoms with Gasteiger partial charge in [-0.15, -0.1) is 0 Å². The molecule has 0 bridgehead atoms. The van der Waals surface area contributed by atoms with E-state index in [1.165, 1.54) is 0 Å². The average molecular weight is 244 g/mol. The fourth-order valence-corrected chi connectivity index (χ4v) is 1.51. The molecule has 2 rings (SSSR count). The molecule has 0 heterocycles. The molecule has 0 saturated carbocycles. The lowest BCUT2D eigenvalue weighted by Crippen LogP contribution is -2.13. The summed E-state index contributed by atoms with van der Waals surface area (Å²) in [5.41, 5.74) is 0.737. The van der Waals surface area contributed by atoms with Crippen LogP contribution in [0.25, 0.3) is 0 Å². The predicted molar refractivity (Wildman–Crippen MR) is 64.4 cm³/mol. The van der Waals surface area contributed by atoms with Crippen molar-refractivity contribution in [3.8, 4) is 0 Å². The van der Waals surface area contributed by atoms with E-state index in [1.54, 1.807) is 42.5 Å². The lowest BCUT2D eigenvalue weighted by Gasteiger charge is -2.05. The molecule has 0 aliphatic heterocycles. The zero-order valence-corrected chi connectivity index (χ0v) is 9.67. The van der Waals surface area contributed by atoms with Crippen molar-refractivity contribution >= 4 is 11.9 Å². The first kappa shape index (κ1) is 12.1. The van der Waals surface area contributed by atoms with Gasteiger partial charge in [-0.1, -0.05) is 36.4 Å². The molecule has 92 valence electrons. The molecule has 1 aromatic carbocycles. The van der Waals surface area contributed by atoms with E-state index in [9.17, 15) is 9.59 Å². The maximum atomic E-state index is 11.5. The molecule has 4 nitrogen and oxygen atoms in total. The van der Waals surface area contributed by atoms with Gasteiger partial charge in [-0.25, -0.2) is 19.4 Å². The highest BCUT2D eigenvalue weighted by molar-refractivity contribution is 5.93. The molecule has 1 aliphatic carbocycles. The Morgan fingerprint density at radius 2 is 1.67 bits per heavy atom. The van der Waals surface area contributed by atoms with Crippen LogP contribution in [-0.4, -0.2) is 11.9 Å². The monoisotopic (exact) mass is 244 g/mol. The Labute approximate surface area is 104 Å². The third-order valence-electron chi connectivity index (χ3n) is 2.43. The van der Waals surface area contributed by atoms with Gasteiger partial charge in [0.2, 0.25) is 0 Å². The van der Waals surface area contributed by atoms with Crippen LogP contribution in [0.5, 0.6) is 0 Å². The van der Waals surface area contributed by atoms with Gasteiger partial charge in [0.05, 0.1) is 11.1 Å². The highest BCUT2D eigenvalue weighted by Crippen LogP contribution is 2.11. The van der Waals surface area contributed by atoms with E-state index in [-0.39, 0.29) is 0 Å². The number of allylic oxidation sites excluding steroid dienone is 2. The highest BCUT2D eigenvalue weighted by atomic mass is 17.2. The second kappa shape index (κ2) is 5.82. The Balaban J connectivity index is 1.88. The van der Waals surface area contributed by atoms with Gasteiger partial charge in [0.25, 0.3) is 0 Å². The Morgan fingerprint density at radius 3 is 2.33 bits per heavy atom. The Hall–Kier alpha value is -2.36. The largest absolute Gasteiger partial charge is 0.386 e. The van der Waals surface area contributed by atoms with Crippen molar-refractivity contribution in [2.75, 3.05) is 0 Å². The lowest BCUT2D eigenvalue weighted by atomic mass is 10.1. The number of carbonyl (C=O) groups excluding carboxylic acids is 2. The quantitative estimate of drug-likeness (QED) is 0.592. The van der Waals surface area contributed by atoms with Crippen LogP contribution in [0.4, 0.5) is 0 Å². The summed E-state index contributed by atoms with van der Waals surface area (Å²) in [5.74, 6) is -1.35. The minimum atomic E-state index is -0.690. The summed E-state index contributed by atoms with van der Waals surface area (Å²) in [6.07, 6.45) is 6.96. The van der Waals surface area contributed by atoms with Crippen LogP contribution in [0.3, 0.4) is 0 Å². The van der Waals surface area contributed by atoms with Crippen LogP contribution < -0.4 is 0 Å². The normalized spacial score (nSPS) is 13.7. The Kier molecular flexibility index (Phi) is 3.91. The molecule has 0 N–H and O–H groups in total. The summed E-state index contributed by atoms with van der Waals surface area (Å²) in [4.78, 5) is 32.0. The zero-order valence-electron chi connectivity index (χ0n) is 9.67. The highest BCUT2D eigenvalue weighted by Gasteiger charge is 2.15. The van der Waals surface area contributed by atoms with Crippen molar-refractivity contribution in [2.45, 2.75) is 12.8 Å². The first-order chi connectivity index (χ1) is 8.77. The van der Waals surface area contributed by atoms with Gasteiger partial charge in [-0.2, -0.15) is 0 Å². The van der Waals surface area contributed by atoms with Crippen LogP contribution >= 0.6 is 0 Å². The maximum Gasteiger partial charge on any atom is 0.386 e. The van der Waals surface area contributed by atoms with Crippen LogP contribution in [0.1, 0.15) is 23.2 Å². The third-order valence-corrected chi connectivity index (χ3v) is 2.43. The Bertz CT molecular complexity index is 500. The van der Waals surface area contributed by atoms with Gasteiger partial charge in [-0.3, -0.25) is 0 Å². The molecule has 4 heteroatoms. The van der Waals surface area contributed by atoms with E-state index in [4.69, 9.17) is 0 Å². The van der Waals surface area contributed by atoms with Crippen molar-refractivity contribution in [3.05, 3.63) is 59.7 Å². The molecule has 0 amide bonds. The smallest absolute Gasteiger partial charge is 0.242 e. The summed E-state index contributed by atoms with van der Waals surface area (Å²) in [6.45, 7) is 0. The molecule has 18 heavy (non-hydrogen) atoms. The number of hydrogen-bond donors (Lipinski definition) is 0. The molecule has 1 aromatic rings. The summed E-state index contributed by atoms with van der Waals surface area (Å²) in [5, 5.41) is 0. The maximum absolute atomic E-state index is 11.5. The van der Waals surface area contributed by atoms with Crippen LogP contribution in [-0.2, 0) is 14.6 Å². The molecule has 0 unspecified atom stereocenters. The van der Waals surface area contributed by atoms with Gasteiger partial charge in [0.1, 0.15) is 0 Å². The molecule has 0 fully saturated rings. The first-order valence-corrected chi connectivity index (χ1v) is 5.62. The van der Waals surface area contributed by atoms with Crippen molar-refractivity contribution in [2.24, 2.45) is 0 Å². The van der Waals surface area contributed by atoms with E-state index < -0.39 is 11.9 Å². The van der Waals surface area contributed by atoms with Gasteiger partial charge < -0.3 is 0 Å². The molecular formula is C14H12O4. The SMILES string of the molecule is O=C(OOC(=O)c1ccccc1)C1=CCCC=C1. The summed E-state index contributed by atoms with van der Waals surface area (Å²) < 4.78 is 0. The Morgan fingerprint density at radius 1 is 0.944 bits per heavy atom. The summed E-state index contributed by atoms with van der Waals surface area (Å²) in [7, 11) is 0. The second-order valence-corrected chi connectivity index (χ2v) is 3.75. The van der Waals surface area contributed by atoms with Gasteiger partial charge in [0.15, 0.2) is 0 Å². The third kappa shape index (κ3) is 3.07. The number of benzene rings is 1. The lowest BCUT2D eigenvalue weighted by molar-refractivity contribution is -0.229. The van der Waals surface area contributed by atoms with E-state index >= 15 is 0 Å². The zero-order chi connectivity index (χ0) is 12.8. The summed E-state index contributed by atoms with van der Waals surface area (Å²) >= 11 is 0. The number of carbonyl (C=O) groups is 2. The minimum Gasteiger partial charge on any atom is -0.242 e. The van der Waals surface area contributed by atoms with Crippen molar-refractivity contribution in [1.82, 2.24) is 0 Å². The van der Waals surface area contributed by atoms with Gasteiger partial charge in [-0.05, 0) is 25.0 Å². The van der Waals surface area contributed by atoms with E-state index in [0.717, 1.165) is 12.8 Å². The molecule has 0 spiro atoms. The van der Waals surface area contributed by atoms with Crippen LogP contribution in [0, 0.1) is 0 Å². The molecule has 0 aromatic heterocycles.